The van der Waals surface area contributed by atoms with Gasteiger partial charge in [-0.05, 0) is 11.1 Å². The van der Waals surface area contributed by atoms with Crippen LogP contribution in [0.1, 0.15) is 11.1 Å². The number of benzene rings is 2. The van der Waals surface area contributed by atoms with E-state index in [0.717, 1.165) is 11.1 Å². The fourth-order valence-electron chi connectivity index (χ4n) is 2.02. The molecule has 4 N–H and O–H groups in total. The highest BCUT2D eigenvalue weighted by atomic mass is 16.2. The van der Waals surface area contributed by atoms with Crippen molar-refractivity contribution < 1.29 is 4.79 Å². The highest BCUT2D eigenvalue weighted by molar-refractivity contribution is 5.93. The van der Waals surface area contributed by atoms with Gasteiger partial charge in [0.15, 0.2) is 5.96 Å². The Morgan fingerprint density at radius 3 is 1.76 bits per heavy atom. The van der Waals surface area contributed by atoms with Crippen LogP contribution in [-0.4, -0.2) is 16.9 Å². The van der Waals surface area contributed by atoms with Gasteiger partial charge >= 0.3 is 6.03 Å². The molecule has 108 valence electrons. The van der Waals surface area contributed by atoms with Crippen molar-refractivity contribution in [3.05, 3.63) is 71.8 Å². The van der Waals surface area contributed by atoms with Gasteiger partial charge in [0.2, 0.25) is 0 Å². The van der Waals surface area contributed by atoms with Crippen molar-refractivity contribution in [2.75, 3.05) is 0 Å². The second-order valence-corrected chi connectivity index (χ2v) is 4.67. The molecular weight excluding hydrogens is 264 g/mol. The summed E-state index contributed by atoms with van der Waals surface area (Å²) < 4.78 is 0. The van der Waals surface area contributed by atoms with E-state index < -0.39 is 6.03 Å². The van der Waals surface area contributed by atoms with Crippen molar-refractivity contribution in [3.8, 4) is 0 Å². The summed E-state index contributed by atoms with van der Waals surface area (Å²) in [6.45, 7) is 1.05. The molecule has 0 bridgehead atoms. The maximum absolute atomic E-state index is 11.0. The number of amides is 2. The Balaban J connectivity index is 2.13. The van der Waals surface area contributed by atoms with E-state index in [4.69, 9.17) is 11.1 Å². The highest BCUT2D eigenvalue weighted by Crippen LogP contribution is 2.09. The monoisotopic (exact) mass is 282 g/mol. The Morgan fingerprint density at radius 2 is 1.38 bits per heavy atom. The molecule has 0 aromatic heterocycles. The molecule has 0 saturated carbocycles. The van der Waals surface area contributed by atoms with Gasteiger partial charge in [0, 0.05) is 13.1 Å². The van der Waals surface area contributed by atoms with Crippen molar-refractivity contribution >= 4 is 12.0 Å². The number of nitrogens with one attached hydrogen (secondary N) is 2. The van der Waals surface area contributed by atoms with Gasteiger partial charge in [-0.2, -0.15) is 0 Å². The fourth-order valence-corrected chi connectivity index (χ4v) is 2.02. The molecule has 0 atom stereocenters. The minimum absolute atomic E-state index is 0.00444. The zero-order chi connectivity index (χ0) is 15.1. The van der Waals surface area contributed by atoms with Crippen LogP contribution in [0.4, 0.5) is 4.79 Å². The van der Waals surface area contributed by atoms with Crippen molar-refractivity contribution in [2.24, 2.45) is 5.73 Å². The van der Waals surface area contributed by atoms with E-state index in [1.807, 2.05) is 60.7 Å². The van der Waals surface area contributed by atoms with Crippen LogP contribution in [0.3, 0.4) is 0 Å². The summed E-state index contributed by atoms with van der Waals surface area (Å²) >= 11 is 0. The molecule has 5 heteroatoms. The van der Waals surface area contributed by atoms with E-state index in [9.17, 15) is 4.79 Å². The lowest BCUT2D eigenvalue weighted by Crippen LogP contribution is -2.44. The normalized spacial score (nSPS) is 9.90. The van der Waals surface area contributed by atoms with Gasteiger partial charge in [0.05, 0.1) is 0 Å². The number of primary amides is 1. The first-order valence-electron chi connectivity index (χ1n) is 6.63. The lowest BCUT2D eigenvalue weighted by molar-refractivity contribution is 0.251. The lowest BCUT2D eigenvalue weighted by atomic mass is 10.2. The summed E-state index contributed by atoms with van der Waals surface area (Å²) in [5, 5.41) is 10.3. The number of urea groups is 1. The number of hydrogen-bond acceptors (Lipinski definition) is 2. The van der Waals surface area contributed by atoms with Gasteiger partial charge in [-0.15, -0.1) is 0 Å². The molecule has 0 aliphatic carbocycles. The third kappa shape index (κ3) is 4.65. The number of rotatable bonds is 4. The Bertz CT molecular complexity index is 557. The number of hydrogen-bond donors (Lipinski definition) is 3. The summed E-state index contributed by atoms with van der Waals surface area (Å²) in [6, 6.07) is 18.9. The number of nitrogens with zero attached hydrogens (tertiary/aromatic N) is 1. The Morgan fingerprint density at radius 1 is 0.952 bits per heavy atom. The molecule has 2 rings (SSSR count). The average molecular weight is 282 g/mol. The van der Waals surface area contributed by atoms with Gasteiger partial charge in [0.25, 0.3) is 0 Å². The summed E-state index contributed by atoms with van der Waals surface area (Å²) in [5.41, 5.74) is 7.22. The predicted octanol–water partition coefficient (Wildman–Crippen LogP) is 2.29. The standard InChI is InChI=1S/C16H18N4O/c17-15(19-16(18)21)20(11-13-7-3-1-4-8-13)12-14-9-5-2-6-10-14/h1-10H,11-12H2,(H4,17,18,19,21). The van der Waals surface area contributed by atoms with E-state index >= 15 is 0 Å². The van der Waals surface area contributed by atoms with Gasteiger partial charge < -0.3 is 10.6 Å². The van der Waals surface area contributed by atoms with Crippen LogP contribution in [0, 0.1) is 5.41 Å². The van der Waals surface area contributed by atoms with Gasteiger partial charge in [0.1, 0.15) is 0 Å². The van der Waals surface area contributed by atoms with Crippen LogP contribution in [0.15, 0.2) is 60.7 Å². The first-order valence-corrected chi connectivity index (χ1v) is 6.63. The van der Waals surface area contributed by atoms with E-state index in [0.29, 0.717) is 13.1 Å². The molecule has 0 heterocycles. The van der Waals surface area contributed by atoms with Gasteiger partial charge in [-0.3, -0.25) is 10.7 Å². The summed E-state index contributed by atoms with van der Waals surface area (Å²) in [4.78, 5) is 12.7. The average Bonchev–Trinajstić information content (AvgIpc) is 2.48. The molecular formula is C16H18N4O. The van der Waals surface area contributed by atoms with Crippen molar-refractivity contribution in [1.82, 2.24) is 10.2 Å². The quantitative estimate of drug-likeness (QED) is 0.594. The molecule has 2 aromatic carbocycles. The Hall–Kier alpha value is -2.82. The van der Waals surface area contributed by atoms with E-state index in [2.05, 4.69) is 5.32 Å². The first kappa shape index (κ1) is 14.6. The zero-order valence-electron chi connectivity index (χ0n) is 11.6. The summed E-state index contributed by atoms with van der Waals surface area (Å²) in [6.07, 6.45) is 0. The van der Waals surface area contributed by atoms with Crippen molar-refractivity contribution in [2.45, 2.75) is 13.1 Å². The van der Waals surface area contributed by atoms with E-state index in [1.54, 1.807) is 4.90 Å². The molecule has 0 saturated heterocycles. The third-order valence-corrected chi connectivity index (χ3v) is 2.99. The zero-order valence-corrected chi connectivity index (χ0v) is 11.6. The van der Waals surface area contributed by atoms with Gasteiger partial charge in [-0.25, -0.2) is 4.79 Å². The predicted molar refractivity (Wildman–Crippen MR) is 82.6 cm³/mol. The second kappa shape index (κ2) is 7.09. The smallest absolute Gasteiger partial charge is 0.318 e. The molecule has 0 radical (unpaired) electrons. The largest absolute Gasteiger partial charge is 0.351 e. The molecule has 5 nitrogen and oxygen atoms in total. The summed E-state index contributed by atoms with van der Waals surface area (Å²) in [5.74, 6) is -0.00444. The maximum atomic E-state index is 11.0. The SMILES string of the molecule is N=C(NC(N)=O)N(Cc1ccccc1)Cc1ccccc1. The third-order valence-electron chi connectivity index (χ3n) is 2.99. The Kier molecular flexibility index (Phi) is 4.93. The van der Waals surface area contributed by atoms with Crippen LogP contribution in [0.2, 0.25) is 0 Å². The molecule has 2 amide bonds. The molecule has 0 unspecified atom stereocenters. The van der Waals surface area contributed by atoms with E-state index in [1.165, 1.54) is 0 Å². The first-order chi connectivity index (χ1) is 10.1. The molecule has 0 fully saturated rings. The van der Waals surface area contributed by atoms with Gasteiger partial charge in [-0.1, -0.05) is 60.7 Å². The lowest BCUT2D eigenvalue weighted by Gasteiger charge is -2.25. The van der Waals surface area contributed by atoms with Crippen molar-refractivity contribution in [1.29, 1.82) is 5.41 Å². The molecule has 0 aliphatic rings. The maximum Gasteiger partial charge on any atom is 0.318 e. The number of guanidine groups is 1. The summed E-state index contributed by atoms with van der Waals surface area (Å²) in [7, 11) is 0. The number of carbonyl (C=O) groups excluding carboxylic acids is 1. The minimum atomic E-state index is -0.730. The Labute approximate surface area is 123 Å². The van der Waals surface area contributed by atoms with Crippen LogP contribution in [0.5, 0.6) is 0 Å². The van der Waals surface area contributed by atoms with Crippen LogP contribution in [-0.2, 0) is 13.1 Å². The molecule has 0 aliphatic heterocycles. The number of nitrogens with two attached hydrogens (primary N) is 1. The van der Waals surface area contributed by atoms with Crippen LogP contribution < -0.4 is 11.1 Å². The molecule has 0 spiro atoms. The number of carbonyl (C=O) groups is 1. The minimum Gasteiger partial charge on any atom is -0.351 e. The van der Waals surface area contributed by atoms with Crippen molar-refractivity contribution in [3.63, 3.8) is 0 Å². The van der Waals surface area contributed by atoms with Crippen LogP contribution in [0.25, 0.3) is 0 Å². The van der Waals surface area contributed by atoms with E-state index in [-0.39, 0.29) is 5.96 Å². The fraction of sp³-hybridized carbons (Fsp3) is 0.125. The second-order valence-electron chi connectivity index (χ2n) is 4.67. The molecule has 21 heavy (non-hydrogen) atoms. The molecule has 2 aromatic rings. The highest BCUT2D eigenvalue weighted by Gasteiger charge is 2.12. The van der Waals surface area contributed by atoms with Crippen LogP contribution >= 0.6 is 0 Å². The topological polar surface area (TPSA) is 82.2 Å².